The van der Waals surface area contributed by atoms with Crippen LogP contribution >= 0.6 is 0 Å². The first-order valence-corrected chi connectivity index (χ1v) is 6.71. The van der Waals surface area contributed by atoms with Gasteiger partial charge in [0.05, 0.1) is 5.69 Å². The third-order valence-electron chi connectivity index (χ3n) is 3.17. The van der Waals surface area contributed by atoms with E-state index in [2.05, 4.69) is 65.6 Å². The fourth-order valence-corrected chi connectivity index (χ4v) is 2.22. The third kappa shape index (κ3) is 3.02. The standard InChI is InChI=1S/C16H22N4/c1-6-9-20-11-13(3)17-16(20)18-14-8-7-12(2)15(10-14)19(4)5/h6-8,10-11H,1,9H2,2-5H3,(H,17,18). The Morgan fingerprint density at radius 3 is 2.75 bits per heavy atom. The summed E-state index contributed by atoms with van der Waals surface area (Å²) >= 11 is 0. The maximum Gasteiger partial charge on any atom is 0.207 e. The van der Waals surface area contributed by atoms with E-state index < -0.39 is 0 Å². The summed E-state index contributed by atoms with van der Waals surface area (Å²) in [6.45, 7) is 8.63. The van der Waals surface area contributed by atoms with Crippen molar-refractivity contribution in [2.75, 3.05) is 24.3 Å². The molecule has 0 atom stereocenters. The molecule has 0 aliphatic rings. The lowest BCUT2D eigenvalue weighted by Gasteiger charge is -2.17. The summed E-state index contributed by atoms with van der Waals surface area (Å²) < 4.78 is 2.05. The summed E-state index contributed by atoms with van der Waals surface area (Å²) in [5.74, 6) is 0.843. The molecule has 20 heavy (non-hydrogen) atoms. The molecule has 1 heterocycles. The molecule has 0 saturated carbocycles. The Hall–Kier alpha value is -2.23. The highest BCUT2D eigenvalue weighted by molar-refractivity contribution is 5.65. The zero-order chi connectivity index (χ0) is 14.7. The average Bonchev–Trinajstić information content (AvgIpc) is 2.72. The van der Waals surface area contributed by atoms with E-state index in [1.54, 1.807) is 0 Å². The van der Waals surface area contributed by atoms with E-state index in [0.29, 0.717) is 0 Å². The van der Waals surface area contributed by atoms with Crippen LogP contribution in [-0.2, 0) is 6.54 Å². The van der Waals surface area contributed by atoms with E-state index in [4.69, 9.17) is 0 Å². The fraction of sp³-hybridized carbons (Fsp3) is 0.312. The first kappa shape index (κ1) is 14.2. The third-order valence-corrected chi connectivity index (χ3v) is 3.17. The van der Waals surface area contributed by atoms with Crippen LogP contribution < -0.4 is 10.2 Å². The maximum absolute atomic E-state index is 4.51. The predicted octanol–water partition coefficient (Wildman–Crippen LogP) is 3.50. The van der Waals surface area contributed by atoms with Gasteiger partial charge in [-0.25, -0.2) is 4.98 Å². The van der Waals surface area contributed by atoms with Gasteiger partial charge in [0, 0.05) is 38.2 Å². The van der Waals surface area contributed by atoms with Gasteiger partial charge in [-0.1, -0.05) is 12.1 Å². The van der Waals surface area contributed by atoms with E-state index in [0.717, 1.165) is 23.9 Å². The maximum atomic E-state index is 4.51. The molecule has 0 saturated heterocycles. The molecule has 0 unspecified atom stereocenters. The molecule has 0 aliphatic carbocycles. The second-order valence-corrected chi connectivity index (χ2v) is 5.17. The van der Waals surface area contributed by atoms with Gasteiger partial charge in [-0.3, -0.25) is 0 Å². The van der Waals surface area contributed by atoms with Crippen LogP contribution in [-0.4, -0.2) is 23.6 Å². The second kappa shape index (κ2) is 5.82. The van der Waals surface area contributed by atoms with Crippen molar-refractivity contribution in [3.63, 3.8) is 0 Å². The molecular formula is C16H22N4. The molecule has 4 nitrogen and oxygen atoms in total. The minimum Gasteiger partial charge on any atom is -0.377 e. The molecule has 0 amide bonds. The van der Waals surface area contributed by atoms with E-state index in [-0.39, 0.29) is 0 Å². The van der Waals surface area contributed by atoms with Gasteiger partial charge in [-0.05, 0) is 31.5 Å². The molecule has 0 spiro atoms. The summed E-state index contributed by atoms with van der Waals surface area (Å²) in [5, 5.41) is 3.38. The van der Waals surface area contributed by atoms with Crippen LogP contribution in [0.15, 0.2) is 37.1 Å². The number of aromatic nitrogens is 2. The Morgan fingerprint density at radius 1 is 1.35 bits per heavy atom. The molecule has 0 fully saturated rings. The highest BCUT2D eigenvalue weighted by atomic mass is 15.2. The minimum absolute atomic E-state index is 0.746. The molecule has 0 aliphatic heterocycles. The lowest BCUT2D eigenvalue weighted by Crippen LogP contribution is -2.10. The van der Waals surface area contributed by atoms with Gasteiger partial charge < -0.3 is 14.8 Å². The number of nitrogens with zero attached hydrogens (tertiary/aromatic N) is 3. The number of hydrogen-bond acceptors (Lipinski definition) is 3. The Bertz CT molecular complexity index is 611. The van der Waals surface area contributed by atoms with Crippen molar-refractivity contribution in [1.29, 1.82) is 0 Å². The van der Waals surface area contributed by atoms with Gasteiger partial charge in [-0.15, -0.1) is 6.58 Å². The molecule has 106 valence electrons. The van der Waals surface area contributed by atoms with Crippen molar-refractivity contribution < 1.29 is 0 Å². The molecule has 0 bridgehead atoms. The van der Waals surface area contributed by atoms with Crippen LogP contribution in [0.25, 0.3) is 0 Å². The van der Waals surface area contributed by atoms with Crippen LogP contribution in [0.5, 0.6) is 0 Å². The van der Waals surface area contributed by atoms with Gasteiger partial charge in [0.15, 0.2) is 0 Å². The smallest absolute Gasteiger partial charge is 0.207 e. The van der Waals surface area contributed by atoms with E-state index in [1.807, 2.05) is 19.2 Å². The summed E-state index contributed by atoms with van der Waals surface area (Å²) in [6, 6.07) is 6.33. The Labute approximate surface area is 120 Å². The summed E-state index contributed by atoms with van der Waals surface area (Å²) in [4.78, 5) is 6.63. The van der Waals surface area contributed by atoms with Crippen LogP contribution in [0.2, 0.25) is 0 Å². The molecule has 1 N–H and O–H groups in total. The monoisotopic (exact) mass is 270 g/mol. The molecular weight excluding hydrogens is 248 g/mol. The van der Waals surface area contributed by atoms with Crippen LogP contribution in [0, 0.1) is 13.8 Å². The highest BCUT2D eigenvalue weighted by Gasteiger charge is 2.07. The number of hydrogen-bond donors (Lipinski definition) is 1. The minimum atomic E-state index is 0.746. The summed E-state index contributed by atoms with van der Waals surface area (Å²) in [6.07, 6.45) is 3.89. The largest absolute Gasteiger partial charge is 0.377 e. The highest BCUT2D eigenvalue weighted by Crippen LogP contribution is 2.25. The number of aryl methyl sites for hydroxylation is 2. The predicted molar refractivity (Wildman–Crippen MR) is 85.9 cm³/mol. The van der Waals surface area contributed by atoms with E-state index in [1.165, 1.54) is 11.3 Å². The SMILES string of the molecule is C=CCn1cc(C)nc1Nc1ccc(C)c(N(C)C)c1. The molecule has 4 heteroatoms. The molecule has 2 rings (SSSR count). The van der Waals surface area contributed by atoms with Gasteiger partial charge in [-0.2, -0.15) is 0 Å². The zero-order valence-electron chi connectivity index (χ0n) is 12.6. The average molecular weight is 270 g/mol. The van der Waals surface area contributed by atoms with Crippen LogP contribution in [0.3, 0.4) is 0 Å². The number of benzene rings is 1. The first-order chi connectivity index (χ1) is 9.51. The van der Waals surface area contributed by atoms with Gasteiger partial charge >= 0.3 is 0 Å². The molecule has 0 radical (unpaired) electrons. The van der Waals surface area contributed by atoms with Crippen molar-refractivity contribution >= 4 is 17.3 Å². The number of allylic oxidation sites excluding steroid dienone is 1. The van der Waals surface area contributed by atoms with Crippen molar-refractivity contribution in [1.82, 2.24) is 9.55 Å². The van der Waals surface area contributed by atoms with Crippen molar-refractivity contribution in [2.24, 2.45) is 0 Å². The lowest BCUT2D eigenvalue weighted by atomic mass is 10.1. The van der Waals surface area contributed by atoms with Crippen molar-refractivity contribution in [2.45, 2.75) is 20.4 Å². The fourth-order valence-electron chi connectivity index (χ4n) is 2.22. The first-order valence-electron chi connectivity index (χ1n) is 6.71. The van der Waals surface area contributed by atoms with Gasteiger partial charge in [0.2, 0.25) is 5.95 Å². The van der Waals surface area contributed by atoms with Crippen molar-refractivity contribution in [3.05, 3.63) is 48.3 Å². The molecule has 1 aromatic carbocycles. The normalized spacial score (nSPS) is 10.4. The lowest BCUT2D eigenvalue weighted by molar-refractivity contribution is 0.832. The number of rotatable bonds is 5. The number of imidazole rings is 1. The van der Waals surface area contributed by atoms with Crippen molar-refractivity contribution in [3.8, 4) is 0 Å². The number of nitrogens with one attached hydrogen (secondary N) is 1. The molecule has 1 aromatic heterocycles. The van der Waals surface area contributed by atoms with E-state index in [9.17, 15) is 0 Å². The summed E-state index contributed by atoms with van der Waals surface area (Å²) in [5.41, 5.74) is 4.49. The Kier molecular flexibility index (Phi) is 4.13. The zero-order valence-corrected chi connectivity index (χ0v) is 12.6. The quantitative estimate of drug-likeness (QED) is 0.844. The Balaban J connectivity index is 2.30. The molecule has 2 aromatic rings. The van der Waals surface area contributed by atoms with Gasteiger partial charge in [0.1, 0.15) is 0 Å². The number of anilines is 3. The van der Waals surface area contributed by atoms with E-state index >= 15 is 0 Å². The van der Waals surface area contributed by atoms with Crippen LogP contribution in [0.4, 0.5) is 17.3 Å². The second-order valence-electron chi connectivity index (χ2n) is 5.17. The van der Waals surface area contributed by atoms with Gasteiger partial charge in [0.25, 0.3) is 0 Å². The summed E-state index contributed by atoms with van der Waals surface area (Å²) in [7, 11) is 4.10. The topological polar surface area (TPSA) is 33.1 Å². The van der Waals surface area contributed by atoms with Crippen LogP contribution in [0.1, 0.15) is 11.3 Å². The Morgan fingerprint density at radius 2 is 2.10 bits per heavy atom.